The first kappa shape index (κ1) is 18.7. The number of hydrogen-bond donors (Lipinski definition) is 0. The van der Waals surface area contributed by atoms with Crippen LogP contribution in [0.2, 0.25) is 25.7 Å². The minimum atomic E-state index is -1.09. The summed E-state index contributed by atoms with van der Waals surface area (Å²) in [4.78, 5) is 17.7. The number of carbonyl (C=O) groups excluding carboxylic acids is 1. The van der Waals surface area contributed by atoms with Crippen LogP contribution in [0.25, 0.3) is 0 Å². The summed E-state index contributed by atoms with van der Waals surface area (Å²) in [6.07, 6.45) is 3.02. The molecule has 6 nitrogen and oxygen atoms in total. The number of carbonyl (C=O) groups is 1. The van der Waals surface area contributed by atoms with Gasteiger partial charge in [-0.25, -0.2) is 14.7 Å². The van der Waals surface area contributed by atoms with Crippen LogP contribution >= 0.6 is 0 Å². The van der Waals surface area contributed by atoms with Crippen molar-refractivity contribution < 1.29 is 14.3 Å². The molecule has 0 aliphatic heterocycles. The second-order valence-electron chi connectivity index (χ2n) is 7.58. The number of hydrogen-bond acceptors (Lipinski definition) is 4. The lowest BCUT2D eigenvalue weighted by Gasteiger charge is -2.24. The molecule has 0 saturated carbocycles. The van der Waals surface area contributed by atoms with Gasteiger partial charge in [0.1, 0.15) is 12.3 Å². The molecule has 0 N–H and O–H groups in total. The van der Waals surface area contributed by atoms with E-state index in [4.69, 9.17) is 9.47 Å². The highest BCUT2D eigenvalue weighted by Gasteiger charge is 2.23. The van der Waals surface area contributed by atoms with Gasteiger partial charge in [-0.3, -0.25) is 4.57 Å². The molecule has 22 heavy (non-hydrogen) atoms. The number of anilines is 1. The molecule has 0 fully saturated rings. The fourth-order valence-electron chi connectivity index (χ4n) is 1.65. The molecule has 1 amide bonds. The monoisotopic (exact) mass is 327 g/mol. The lowest BCUT2D eigenvalue weighted by molar-refractivity contribution is 0.0578. The summed E-state index contributed by atoms with van der Waals surface area (Å²) >= 11 is 0. The Morgan fingerprint density at radius 2 is 2.00 bits per heavy atom. The van der Waals surface area contributed by atoms with Crippen LogP contribution in [0.5, 0.6) is 0 Å². The summed E-state index contributed by atoms with van der Waals surface area (Å²) in [7, 11) is 0.554. The van der Waals surface area contributed by atoms with Crippen molar-refractivity contribution in [3.8, 4) is 0 Å². The van der Waals surface area contributed by atoms with Gasteiger partial charge in [0.25, 0.3) is 0 Å². The number of ether oxygens (including phenoxy) is 2. The summed E-state index contributed by atoms with van der Waals surface area (Å²) in [5.74, 6) is 0.516. The zero-order valence-corrected chi connectivity index (χ0v) is 15.8. The third kappa shape index (κ3) is 6.61. The highest BCUT2D eigenvalue weighted by molar-refractivity contribution is 6.76. The Kier molecular flexibility index (Phi) is 6.19. The molecule has 126 valence electrons. The molecule has 0 unspecified atom stereocenters. The Morgan fingerprint density at radius 1 is 1.36 bits per heavy atom. The van der Waals surface area contributed by atoms with Gasteiger partial charge in [0.15, 0.2) is 0 Å². The van der Waals surface area contributed by atoms with Crippen LogP contribution < -0.4 is 4.90 Å². The van der Waals surface area contributed by atoms with E-state index in [0.717, 1.165) is 12.7 Å². The van der Waals surface area contributed by atoms with Gasteiger partial charge in [-0.1, -0.05) is 19.6 Å². The maximum absolute atomic E-state index is 12.1. The fourth-order valence-corrected chi connectivity index (χ4v) is 2.41. The SMILES string of the molecule is CN(C(=O)OC(C)(C)C)c1nccn1COCC[Si](C)(C)C. The van der Waals surface area contributed by atoms with Crippen molar-refractivity contribution in [3.63, 3.8) is 0 Å². The van der Waals surface area contributed by atoms with E-state index < -0.39 is 19.8 Å². The van der Waals surface area contributed by atoms with E-state index in [1.165, 1.54) is 4.90 Å². The van der Waals surface area contributed by atoms with E-state index in [2.05, 4.69) is 24.6 Å². The highest BCUT2D eigenvalue weighted by Crippen LogP contribution is 2.15. The first-order chi connectivity index (χ1) is 9.99. The summed E-state index contributed by atoms with van der Waals surface area (Å²) in [6.45, 7) is 13.6. The molecule has 1 rings (SSSR count). The van der Waals surface area contributed by atoms with Crippen molar-refractivity contribution in [2.45, 2.75) is 58.8 Å². The van der Waals surface area contributed by atoms with Crippen LogP contribution in [0, 0.1) is 0 Å². The number of amides is 1. The van der Waals surface area contributed by atoms with Crippen molar-refractivity contribution in [1.82, 2.24) is 9.55 Å². The van der Waals surface area contributed by atoms with E-state index in [9.17, 15) is 4.79 Å². The minimum absolute atomic E-state index is 0.382. The molecule has 1 aromatic rings. The van der Waals surface area contributed by atoms with E-state index in [1.54, 1.807) is 24.0 Å². The maximum Gasteiger partial charge on any atom is 0.416 e. The van der Waals surface area contributed by atoms with Crippen molar-refractivity contribution in [2.75, 3.05) is 18.6 Å². The zero-order chi connectivity index (χ0) is 17.0. The predicted molar refractivity (Wildman–Crippen MR) is 91.0 cm³/mol. The smallest absolute Gasteiger partial charge is 0.416 e. The molecule has 0 bridgehead atoms. The van der Waals surface area contributed by atoms with Gasteiger partial charge in [-0.15, -0.1) is 0 Å². The molecule has 0 saturated heterocycles. The average Bonchev–Trinajstić information content (AvgIpc) is 2.78. The number of imidazole rings is 1. The highest BCUT2D eigenvalue weighted by atomic mass is 28.3. The van der Waals surface area contributed by atoms with Gasteiger partial charge >= 0.3 is 6.09 Å². The van der Waals surface area contributed by atoms with Crippen LogP contribution in [-0.2, 0) is 16.2 Å². The number of aromatic nitrogens is 2. The predicted octanol–water partition coefficient (Wildman–Crippen LogP) is 3.57. The molecule has 0 aliphatic carbocycles. The second-order valence-corrected chi connectivity index (χ2v) is 13.2. The van der Waals surface area contributed by atoms with E-state index >= 15 is 0 Å². The fraction of sp³-hybridized carbons (Fsp3) is 0.733. The maximum atomic E-state index is 12.1. The summed E-state index contributed by atoms with van der Waals surface area (Å²) in [6, 6.07) is 1.11. The average molecular weight is 328 g/mol. The molecule has 0 spiro atoms. The molecule has 0 atom stereocenters. The number of nitrogens with zero attached hydrogens (tertiary/aromatic N) is 3. The molecule has 0 aromatic carbocycles. The van der Waals surface area contributed by atoms with Crippen LogP contribution in [0.4, 0.5) is 10.7 Å². The Balaban J connectivity index is 2.59. The van der Waals surface area contributed by atoms with Crippen LogP contribution in [0.1, 0.15) is 20.8 Å². The topological polar surface area (TPSA) is 56.6 Å². The molecule has 1 heterocycles. The minimum Gasteiger partial charge on any atom is -0.443 e. The third-order valence-corrected chi connectivity index (χ3v) is 4.59. The lowest BCUT2D eigenvalue weighted by Crippen LogP contribution is -2.35. The molecular weight excluding hydrogens is 298 g/mol. The second kappa shape index (κ2) is 7.28. The Bertz CT molecular complexity index is 489. The van der Waals surface area contributed by atoms with Crippen molar-refractivity contribution >= 4 is 20.1 Å². The Hall–Kier alpha value is -1.34. The molecule has 7 heteroatoms. The summed E-state index contributed by atoms with van der Waals surface area (Å²) in [5, 5.41) is 0. The Morgan fingerprint density at radius 3 is 2.55 bits per heavy atom. The molecule has 1 aromatic heterocycles. The zero-order valence-electron chi connectivity index (χ0n) is 14.8. The van der Waals surface area contributed by atoms with E-state index in [0.29, 0.717) is 12.7 Å². The van der Waals surface area contributed by atoms with Gasteiger partial charge < -0.3 is 9.47 Å². The van der Waals surface area contributed by atoms with Gasteiger partial charge in [0.05, 0.1) is 0 Å². The summed E-state index contributed by atoms with van der Waals surface area (Å²) in [5.41, 5.74) is -0.531. The molecule has 0 radical (unpaired) electrons. The lowest BCUT2D eigenvalue weighted by atomic mass is 10.2. The van der Waals surface area contributed by atoms with Crippen LogP contribution in [0.3, 0.4) is 0 Å². The third-order valence-electron chi connectivity index (χ3n) is 2.89. The van der Waals surface area contributed by atoms with Crippen molar-refractivity contribution in [2.24, 2.45) is 0 Å². The largest absolute Gasteiger partial charge is 0.443 e. The van der Waals surface area contributed by atoms with Crippen molar-refractivity contribution in [3.05, 3.63) is 12.4 Å². The first-order valence-corrected chi connectivity index (χ1v) is 11.3. The normalized spacial score (nSPS) is 12.3. The molecule has 0 aliphatic rings. The standard InChI is InChI=1S/C15H29N3O3Si/c1-15(2,3)21-14(19)17(4)13-16-8-9-18(13)12-20-10-11-22(5,6)7/h8-9H,10-12H2,1-7H3. The van der Waals surface area contributed by atoms with Gasteiger partial charge in [-0.2, -0.15) is 0 Å². The van der Waals surface area contributed by atoms with Crippen molar-refractivity contribution in [1.29, 1.82) is 0 Å². The first-order valence-electron chi connectivity index (χ1n) is 7.55. The number of rotatable bonds is 6. The Labute approximate surface area is 134 Å². The van der Waals surface area contributed by atoms with Gasteiger partial charge in [0, 0.05) is 34.1 Å². The van der Waals surface area contributed by atoms with Crippen LogP contribution in [-0.4, -0.2) is 43.0 Å². The molecular formula is C15H29N3O3Si. The van der Waals surface area contributed by atoms with Crippen LogP contribution in [0.15, 0.2) is 12.4 Å². The van der Waals surface area contributed by atoms with Gasteiger partial charge in [-0.05, 0) is 26.8 Å². The van der Waals surface area contributed by atoms with Gasteiger partial charge in [0.2, 0.25) is 5.95 Å². The summed E-state index contributed by atoms with van der Waals surface area (Å²) < 4.78 is 12.9. The quantitative estimate of drug-likeness (QED) is 0.592. The van der Waals surface area contributed by atoms with E-state index in [-0.39, 0.29) is 0 Å². The van der Waals surface area contributed by atoms with E-state index in [1.807, 2.05) is 20.8 Å².